The highest BCUT2D eigenvalue weighted by molar-refractivity contribution is 5.69. The fraction of sp³-hybridized carbons (Fsp3) is 0.643. The summed E-state index contributed by atoms with van der Waals surface area (Å²) in [5.41, 5.74) is 5.14. The van der Waals surface area contributed by atoms with Crippen molar-refractivity contribution in [3.63, 3.8) is 0 Å². The fourth-order valence-corrected chi connectivity index (χ4v) is 1.30. The van der Waals surface area contributed by atoms with Crippen molar-refractivity contribution in [2.75, 3.05) is 33.0 Å². The molecule has 0 atom stereocenters. The SMILES string of the molecule is CC/C=C\C(OCCOCCC(=O)OCCN)=C(/C)[N+](=O)[O-]. The molecule has 126 valence electrons. The molecule has 0 saturated carbocycles. The van der Waals surface area contributed by atoms with Crippen LogP contribution in [0.4, 0.5) is 0 Å². The van der Waals surface area contributed by atoms with Crippen LogP contribution in [0.1, 0.15) is 26.7 Å². The van der Waals surface area contributed by atoms with E-state index in [2.05, 4.69) is 0 Å². The Morgan fingerprint density at radius 1 is 1.23 bits per heavy atom. The topological polar surface area (TPSA) is 114 Å². The van der Waals surface area contributed by atoms with Gasteiger partial charge in [-0.05, 0) is 12.5 Å². The van der Waals surface area contributed by atoms with Gasteiger partial charge in [0.05, 0.1) is 24.6 Å². The van der Waals surface area contributed by atoms with Crippen LogP contribution in [0.3, 0.4) is 0 Å². The molecule has 22 heavy (non-hydrogen) atoms. The van der Waals surface area contributed by atoms with Gasteiger partial charge in [0.1, 0.15) is 13.2 Å². The molecule has 0 aromatic carbocycles. The minimum atomic E-state index is -0.496. The van der Waals surface area contributed by atoms with E-state index in [9.17, 15) is 14.9 Å². The Morgan fingerprint density at radius 3 is 2.55 bits per heavy atom. The van der Waals surface area contributed by atoms with Gasteiger partial charge in [-0.2, -0.15) is 0 Å². The van der Waals surface area contributed by atoms with E-state index in [0.29, 0.717) is 0 Å². The van der Waals surface area contributed by atoms with Gasteiger partial charge in [-0.25, -0.2) is 0 Å². The van der Waals surface area contributed by atoms with Gasteiger partial charge in [-0.3, -0.25) is 14.9 Å². The van der Waals surface area contributed by atoms with Crippen LogP contribution in [-0.2, 0) is 19.0 Å². The number of allylic oxidation sites excluding steroid dienone is 3. The third-order valence-electron chi connectivity index (χ3n) is 2.45. The second kappa shape index (κ2) is 12.8. The van der Waals surface area contributed by atoms with Crippen molar-refractivity contribution in [2.24, 2.45) is 5.73 Å². The summed E-state index contributed by atoms with van der Waals surface area (Å²) in [5, 5.41) is 10.7. The average molecular weight is 316 g/mol. The second-order valence-electron chi connectivity index (χ2n) is 4.24. The summed E-state index contributed by atoms with van der Waals surface area (Å²) in [6, 6.07) is 0. The zero-order chi connectivity index (χ0) is 16.8. The average Bonchev–Trinajstić information content (AvgIpc) is 2.50. The zero-order valence-electron chi connectivity index (χ0n) is 13.1. The molecule has 0 rings (SSSR count). The van der Waals surface area contributed by atoms with Crippen LogP contribution in [-0.4, -0.2) is 43.9 Å². The van der Waals surface area contributed by atoms with E-state index >= 15 is 0 Å². The van der Waals surface area contributed by atoms with Crippen molar-refractivity contribution >= 4 is 5.97 Å². The van der Waals surface area contributed by atoms with Crippen LogP contribution in [0, 0.1) is 10.1 Å². The van der Waals surface area contributed by atoms with Crippen molar-refractivity contribution < 1.29 is 23.9 Å². The summed E-state index contributed by atoms with van der Waals surface area (Å²) in [5.74, 6) is -0.167. The minimum Gasteiger partial charge on any atom is -0.485 e. The molecule has 0 heterocycles. The highest BCUT2D eigenvalue weighted by Gasteiger charge is 2.11. The molecule has 0 unspecified atom stereocenters. The molecule has 0 bridgehead atoms. The van der Waals surface area contributed by atoms with Crippen molar-refractivity contribution in [2.45, 2.75) is 26.7 Å². The first-order valence-electron chi connectivity index (χ1n) is 7.10. The molecular weight excluding hydrogens is 292 g/mol. The molecule has 0 saturated heterocycles. The quantitative estimate of drug-likeness (QED) is 0.144. The Morgan fingerprint density at radius 2 is 1.95 bits per heavy atom. The normalized spacial score (nSPS) is 12.1. The van der Waals surface area contributed by atoms with Crippen molar-refractivity contribution in [1.29, 1.82) is 0 Å². The number of rotatable bonds is 12. The molecule has 0 spiro atoms. The van der Waals surface area contributed by atoms with Gasteiger partial charge in [0, 0.05) is 13.5 Å². The molecule has 0 fully saturated rings. The van der Waals surface area contributed by atoms with Gasteiger partial charge in [-0.15, -0.1) is 0 Å². The lowest BCUT2D eigenvalue weighted by Crippen LogP contribution is -2.15. The maximum absolute atomic E-state index is 11.1. The maximum atomic E-state index is 11.1. The maximum Gasteiger partial charge on any atom is 0.308 e. The highest BCUT2D eigenvalue weighted by atomic mass is 16.6. The number of nitrogens with zero attached hydrogens (tertiary/aromatic N) is 1. The lowest BCUT2D eigenvalue weighted by Gasteiger charge is -2.08. The van der Waals surface area contributed by atoms with Crippen LogP contribution in [0.2, 0.25) is 0 Å². The van der Waals surface area contributed by atoms with E-state index in [1.807, 2.05) is 6.92 Å². The Balaban J connectivity index is 4.00. The first-order chi connectivity index (χ1) is 10.5. The number of hydrogen-bond donors (Lipinski definition) is 1. The monoisotopic (exact) mass is 316 g/mol. The van der Waals surface area contributed by atoms with Gasteiger partial charge < -0.3 is 19.9 Å². The zero-order valence-corrected chi connectivity index (χ0v) is 13.1. The fourth-order valence-electron chi connectivity index (χ4n) is 1.30. The number of esters is 1. The Bertz CT molecular complexity index is 406. The van der Waals surface area contributed by atoms with Gasteiger partial charge in [0.25, 0.3) is 5.70 Å². The van der Waals surface area contributed by atoms with E-state index < -0.39 is 4.92 Å². The molecule has 0 aliphatic heterocycles. The molecule has 2 N–H and O–H groups in total. The molecule has 8 nitrogen and oxygen atoms in total. The minimum absolute atomic E-state index is 0.0601. The summed E-state index contributed by atoms with van der Waals surface area (Å²) >= 11 is 0. The van der Waals surface area contributed by atoms with Crippen LogP contribution >= 0.6 is 0 Å². The van der Waals surface area contributed by atoms with Gasteiger partial charge in [-0.1, -0.05) is 13.0 Å². The second-order valence-corrected chi connectivity index (χ2v) is 4.24. The molecule has 0 radical (unpaired) electrons. The number of carbonyl (C=O) groups is 1. The van der Waals surface area contributed by atoms with Gasteiger partial charge in [0.2, 0.25) is 0 Å². The predicted molar refractivity (Wildman–Crippen MR) is 80.5 cm³/mol. The number of carbonyl (C=O) groups excluding carboxylic acids is 1. The number of nitro groups is 1. The smallest absolute Gasteiger partial charge is 0.308 e. The molecule has 0 aliphatic rings. The lowest BCUT2D eigenvalue weighted by molar-refractivity contribution is -0.427. The van der Waals surface area contributed by atoms with Crippen LogP contribution in [0.15, 0.2) is 23.6 Å². The first-order valence-corrected chi connectivity index (χ1v) is 7.10. The third kappa shape index (κ3) is 9.89. The molecule has 0 amide bonds. The molecule has 0 aliphatic carbocycles. The van der Waals surface area contributed by atoms with Crippen LogP contribution in [0.5, 0.6) is 0 Å². The highest BCUT2D eigenvalue weighted by Crippen LogP contribution is 2.09. The molecule has 8 heteroatoms. The van der Waals surface area contributed by atoms with E-state index in [0.717, 1.165) is 6.42 Å². The van der Waals surface area contributed by atoms with Gasteiger partial charge >= 0.3 is 5.97 Å². The molecular formula is C14H24N2O6. The summed E-state index contributed by atoms with van der Waals surface area (Å²) in [7, 11) is 0. The number of hydrogen-bond acceptors (Lipinski definition) is 7. The lowest BCUT2D eigenvalue weighted by atomic mass is 10.3. The molecule has 0 aromatic heterocycles. The standard InChI is InChI=1S/C14H24N2O6/c1-3-4-5-13(12(2)16(18)19)21-11-10-20-8-6-14(17)22-9-7-15/h4-5H,3,6-11,15H2,1-2H3/b5-4-,13-12-. The first kappa shape index (κ1) is 20.1. The van der Waals surface area contributed by atoms with E-state index in [4.69, 9.17) is 19.9 Å². The van der Waals surface area contributed by atoms with Crippen molar-refractivity contribution in [1.82, 2.24) is 0 Å². The van der Waals surface area contributed by atoms with Crippen molar-refractivity contribution in [3.8, 4) is 0 Å². The number of ether oxygens (including phenoxy) is 3. The summed E-state index contributed by atoms with van der Waals surface area (Å²) in [4.78, 5) is 21.4. The van der Waals surface area contributed by atoms with E-state index in [1.54, 1.807) is 12.2 Å². The van der Waals surface area contributed by atoms with E-state index in [1.165, 1.54) is 6.92 Å². The Hall–Kier alpha value is -1.93. The Labute approximate surface area is 130 Å². The summed E-state index contributed by atoms with van der Waals surface area (Å²) < 4.78 is 15.3. The summed E-state index contributed by atoms with van der Waals surface area (Å²) in [6.45, 7) is 4.36. The number of nitrogens with two attached hydrogens (primary N) is 1. The van der Waals surface area contributed by atoms with Crippen LogP contribution < -0.4 is 5.73 Å². The van der Waals surface area contributed by atoms with Crippen molar-refractivity contribution in [3.05, 3.63) is 33.7 Å². The Kier molecular flexibility index (Phi) is 11.7. The van der Waals surface area contributed by atoms with E-state index in [-0.39, 0.29) is 56.8 Å². The molecule has 0 aromatic rings. The third-order valence-corrected chi connectivity index (χ3v) is 2.45. The summed E-state index contributed by atoms with van der Waals surface area (Å²) in [6.07, 6.45) is 4.23. The van der Waals surface area contributed by atoms with Gasteiger partial charge in [0.15, 0.2) is 5.76 Å². The van der Waals surface area contributed by atoms with Crippen LogP contribution in [0.25, 0.3) is 0 Å². The predicted octanol–water partition coefficient (Wildman–Crippen LogP) is 1.39. The largest absolute Gasteiger partial charge is 0.485 e.